The number of nitrogens with one attached hydrogen (secondary N) is 1. The highest BCUT2D eigenvalue weighted by atomic mass is 16.2. The molecule has 0 saturated heterocycles. The lowest BCUT2D eigenvalue weighted by atomic mass is 9.99. The number of aliphatic hydroxyl groups excluding tert-OH is 1. The SMILES string of the molecule is NNC(=O)c1cccc(-c2cccc(CCCO)c2)c1. The minimum Gasteiger partial charge on any atom is -0.396 e. The van der Waals surface area contributed by atoms with Gasteiger partial charge in [0.1, 0.15) is 0 Å². The summed E-state index contributed by atoms with van der Waals surface area (Å²) in [5.74, 6) is 4.85. The minimum absolute atomic E-state index is 0.191. The van der Waals surface area contributed by atoms with E-state index in [4.69, 9.17) is 10.9 Å². The van der Waals surface area contributed by atoms with Gasteiger partial charge in [-0.25, -0.2) is 5.84 Å². The number of benzene rings is 2. The Balaban J connectivity index is 2.29. The molecule has 0 atom stereocenters. The van der Waals surface area contributed by atoms with Crippen molar-refractivity contribution in [1.29, 1.82) is 0 Å². The highest BCUT2D eigenvalue weighted by Crippen LogP contribution is 2.22. The summed E-state index contributed by atoms with van der Waals surface area (Å²) in [5.41, 5.74) is 5.85. The Hall–Kier alpha value is -2.17. The number of rotatable bonds is 5. The van der Waals surface area contributed by atoms with E-state index in [1.54, 1.807) is 6.07 Å². The molecule has 104 valence electrons. The van der Waals surface area contributed by atoms with Crippen molar-refractivity contribution in [2.75, 3.05) is 6.61 Å². The van der Waals surface area contributed by atoms with Crippen LogP contribution >= 0.6 is 0 Å². The van der Waals surface area contributed by atoms with Crippen LogP contribution in [0.5, 0.6) is 0 Å². The van der Waals surface area contributed by atoms with E-state index in [-0.39, 0.29) is 12.5 Å². The number of carbonyl (C=O) groups excluding carboxylic acids is 1. The van der Waals surface area contributed by atoms with Crippen LogP contribution in [0.1, 0.15) is 22.3 Å². The quantitative estimate of drug-likeness (QED) is 0.441. The van der Waals surface area contributed by atoms with Crippen LogP contribution in [0, 0.1) is 0 Å². The first-order chi connectivity index (χ1) is 9.74. The molecule has 4 N–H and O–H groups in total. The van der Waals surface area contributed by atoms with E-state index >= 15 is 0 Å². The molecule has 0 aromatic heterocycles. The van der Waals surface area contributed by atoms with Crippen molar-refractivity contribution in [2.45, 2.75) is 12.8 Å². The van der Waals surface area contributed by atoms with E-state index in [9.17, 15) is 4.79 Å². The van der Waals surface area contributed by atoms with E-state index in [2.05, 4.69) is 11.5 Å². The van der Waals surface area contributed by atoms with Crippen LogP contribution in [0.15, 0.2) is 48.5 Å². The van der Waals surface area contributed by atoms with Crippen LogP contribution in [0.2, 0.25) is 0 Å². The zero-order chi connectivity index (χ0) is 14.4. The molecule has 1 amide bonds. The molecule has 0 heterocycles. The molecular weight excluding hydrogens is 252 g/mol. The fourth-order valence-electron chi connectivity index (χ4n) is 2.11. The maximum atomic E-state index is 11.5. The van der Waals surface area contributed by atoms with Gasteiger partial charge in [-0.2, -0.15) is 0 Å². The molecule has 2 aromatic carbocycles. The van der Waals surface area contributed by atoms with E-state index in [0.29, 0.717) is 5.56 Å². The topological polar surface area (TPSA) is 75.3 Å². The molecule has 0 aliphatic carbocycles. The van der Waals surface area contributed by atoms with Crippen molar-refractivity contribution in [1.82, 2.24) is 5.43 Å². The van der Waals surface area contributed by atoms with Gasteiger partial charge in [0.05, 0.1) is 0 Å². The summed E-state index contributed by atoms with van der Waals surface area (Å²) in [6, 6.07) is 15.4. The number of amides is 1. The van der Waals surface area contributed by atoms with E-state index in [1.807, 2.05) is 36.4 Å². The summed E-state index contributed by atoms with van der Waals surface area (Å²) >= 11 is 0. The lowest BCUT2D eigenvalue weighted by Gasteiger charge is -2.07. The summed E-state index contributed by atoms with van der Waals surface area (Å²) in [7, 11) is 0. The van der Waals surface area contributed by atoms with Crippen molar-refractivity contribution in [3.8, 4) is 11.1 Å². The van der Waals surface area contributed by atoms with Gasteiger partial charge >= 0.3 is 0 Å². The summed E-state index contributed by atoms with van der Waals surface area (Å²) in [6.07, 6.45) is 1.59. The van der Waals surface area contributed by atoms with Gasteiger partial charge in [0, 0.05) is 12.2 Å². The van der Waals surface area contributed by atoms with Crippen LogP contribution in [0.25, 0.3) is 11.1 Å². The molecule has 0 aliphatic heterocycles. The van der Waals surface area contributed by atoms with Crippen LogP contribution in [0.4, 0.5) is 0 Å². The number of nitrogens with two attached hydrogens (primary N) is 1. The third-order valence-corrected chi connectivity index (χ3v) is 3.14. The average molecular weight is 270 g/mol. The molecule has 0 radical (unpaired) electrons. The first-order valence-electron chi connectivity index (χ1n) is 6.56. The Morgan fingerprint density at radius 1 is 1.10 bits per heavy atom. The highest BCUT2D eigenvalue weighted by Gasteiger charge is 2.05. The van der Waals surface area contributed by atoms with Crippen molar-refractivity contribution in [3.05, 3.63) is 59.7 Å². The number of aliphatic hydroxyl groups is 1. The van der Waals surface area contributed by atoms with E-state index < -0.39 is 0 Å². The summed E-state index contributed by atoms with van der Waals surface area (Å²) < 4.78 is 0. The molecule has 0 aliphatic rings. The van der Waals surface area contributed by atoms with Crippen LogP contribution in [-0.2, 0) is 6.42 Å². The summed E-state index contributed by atoms with van der Waals surface area (Å²) in [4.78, 5) is 11.5. The largest absolute Gasteiger partial charge is 0.396 e. The van der Waals surface area contributed by atoms with Gasteiger partial charge in [-0.1, -0.05) is 36.4 Å². The average Bonchev–Trinajstić information content (AvgIpc) is 2.52. The smallest absolute Gasteiger partial charge is 0.265 e. The van der Waals surface area contributed by atoms with E-state index in [0.717, 1.165) is 24.0 Å². The third kappa shape index (κ3) is 3.44. The predicted molar refractivity (Wildman–Crippen MR) is 78.9 cm³/mol. The maximum Gasteiger partial charge on any atom is 0.265 e. The first-order valence-corrected chi connectivity index (χ1v) is 6.56. The fourth-order valence-corrected chi connectivity index (χ4v) is 2.11. The van der Waals surface area contributed by atoms with Gasteiger partial charge in [0.25, 0.3) is 5.91 Å². The fraction of sp³-hybridized carbons (Fsp3) is 0.188. The molecule has 0 spiro atoms. The summed E-state index contributed by atoms with van der Waals surface area (Å²) in [6.45, 7) is 0.191. The lowest BCUT2D eigenvalue weighted by Crippen LogP contribution is -2.29. The molecule has 0 bridgehead atoms. The summed E-state index contributed by atoms with van der Waals surface area (Å²) in [5, 5.41) is 8.88. The van der Waals surface area contributed by atoms with Crippen molar-refractivity contribution in [2.24, 2.45) is 5.84 Å². The zero-order valence-electron chi connectivity index (χ0n) is 11.2. The van der Waals surface area contributed by atoms with Gasteiger partial charge in [0.2, 0.25) is 0 Å². The Bertz CT molecular complexity index is 597. The Kier molecular flexibility index (Phi) is 4.87. The standard InChI is InChI=1S/C16H18N2O2/c17-18-16(20)15-8-2-7-14(11-15)13-6-1-4-12(10-13)5-3-9-19/h1-2,4,6-8,10-11,19H,3,5,9,17H2,(H,18,20). The predicted octanol–water partition coefficient (Wildman–Crippen LogP) is 1.88. The number of hydrogen-bond acceptors (Lipinski definition) is 3. The molecule has 2 rings (SSSR count). The maximum absolute atomic E-state index is 11.5. The minimum atomic E-state index is -0.303. The normalized spacial score (nSPS) is 10.3. The van der Waals surface area contributed by atoms with Gasteiger partial charge in [-0.3, -0.25) is 10.2 Å². The molecule has 4 heteroatoms. The van der Waals surface area contributed by atoms with Crippen molar-refractivity contribution in [3.63, 3.8) is 0 Å². The second kappa shape index (κ2) is 6.84. The zero-order valence-corrected chi connectivity index (χ0v) is 11.2. The monoisotopic (exact) mass is 270 g/mol. The number of hydrogen-bond donors (Lipinski definition) is 3. The van der Waals surface area contributed by atoms with E-state index in [1.165, 1.54) is 5.56 Å². The second-order valence-corrected chi connectivity index (χ2v) is 4.58. The van der Waals surface area contributed by atoms with Gasteiger partial charge in [-0.05, 0) is 41.7 Å². The number of aryl methyl sites for hydroxylation is 1. The number of nitrogen functional groups attached to an aromatic ring is 1. The Labute approximate surface area is 118 Å². The molecule has 0 fully saturated rings. The highest BCUT2D eigenvalue weighted by molar-refractivity contribution is 5.95. The van der Waals surface area contributed by atoms with Gasteiger partial charge < -0.3 is 5.11 Å². The molecule has 0 saturated carbocycles. The number of carbonyl (C=O) groups is 1. The van der Waals surface area contributed by atoms with Crippen LogP contribution < -0.4 is 11.3 Å². The molecule has 20 heavy (non-hydrogen) atoms. The molecule has 2 aromatic rings. The Morgan fingerprint density at radius 2 is 1.80 bits per heavy atom. The number of hydrazine groups is 1. The van der Waals surface area contributed by atoms with Gasteiger partial charge in [-0.15, -0.1) is 0 Å². The van der Waals surface area contributed by atoms with Crippen LogP contribution in [0.3, 0.4) is 0 Å². The second-order valence-electron chi connectivity index (χ2n) is 4.58. The van der Waals surface area contributed by atoms with Crippen molar-refractivity contribution >= 4 is 5.91 Å². The lowest BCUT2D eigenvalue weighted by molar-refractivity contribution is 0.0953. The molecule has 0 unspecified atom stereocenters. The third-order valence-electron chi connectivity index (χ3n) is 3.14. The molecular formula is C16H18N2O2. The van der Waals surface area contributed by atoms with Crippen LogP contribution in [-0.4, -0.2) is 17.6 Å². The molecule has 4 nitrogen and oxygen atoms in total. The van der Waals surface area contributed by atoms with Crippen molar-refractivity contribution < 1.29 is 9.90 Å². The Morgan fingerprint density at radius 3 is 2.50 bits per heavy atom. The first kappa shape index (κ1) is 14.2. The van der Waals surface area contributed by atoms with Gasteiger partial charge in [0.15, 0.2) is 0 Å².